The number of pyridine rings is 1. The molecular formula is C17H20N4O. The van der Waals surface area contributed by atoms with Crippen molar-refractivity contribution in [3.8, 4) is 11.6 Å². The first kappa shape index (κ1) is 13.5. The topological polar surface area (TPSA) is 47.1 Å². The van der Waals surface area contributed by atoms with Gasteiger partial charge in [0.25, 0.3) is 0 Å². The largest absolute Gasteiger partial charge is 0.461 e. The van der Waals surface area contributed by atoms with Crippen molar-refractivity contribution in [3.05, 3.63) is 36.7 Å². The monoisotopic (exact) mass is 296 g/mol. The lowest BCUT2D eigenvalue weighted by Gasteiger charge is -2.30. The van der Waals surface area contributed by atoms with Crippen molar-refractivity contribution < 1.29 is 4.42 Å². The van der Waals surface area contributed by atoms with Crippen LogP contribution in [0.3, 0.4) is 0 Å². The number of nitrogens with zero attached hydrogens (tertiary/aromatic N) is 4. The van der Waals surface area contributed by atoms with Crippen LogP contribution in [0.15, 0.2) is 41.1 Å². The van der Waals surface area contributed by atoms with Crippen LogP contribution in [0.2, 0.25) is 0 Å². The molecule has 0 radical (unpaired) electrons. The molecule has 1 aliphatic rings. The molecule has 1 unspecified atom stereocenters. The minimum Gasteiger partial charge on any atom is -0.461 e. The number of likely N-dealkylation sites (tertiary alicyclic amines) is 1. The summed E-state index contributed by atoms with van der Waals surface area (Å²) in [5.41, 5.74) is 1.88. The molecule has 1 saturated heterocycles. The number of hydrogen-bond acceptors (Lipinski definition) is 4. The predicted molar refractivity (Wildman–Crippen MR) is 85.5 cm³/mol. The Labute approximate surface area is 129 Å². The standard InChI is InChI=1S/C17H20N4O/c1-20-9-3-5-13(11-20)12-21-16-14(6-2-8-18-16)19-17(21)15-7-4-10-22-15/h2,4,6-8,10,13H,3,5,9,11-12H2,1H3. The molecule has 0 amide bonds. The summed E-state index contributed by atoms with van der Waals surface area (Å²) in [7, 11) is 2.20. The van der Waals surface area contributed by atoms with Gasteiger partial charge in [-0.2, -0.15) is 0 Å². The number of piperidine rings is 1. The van der Waals surface area contributed by atoms with E-state index in [4.69, 9.17) is 9.40 Å². The first-order valence-electron chi connectivity index (χ1n) is 7.85. The summed E-state index contributed by atoms with van der Waals surface area (Å²) in [6.07, 6.45) is 6.05. The van der Waals surface area contributed by atoms with Crippen molar-refractivity contribution in [2.45, 2.75) is 19.4 Å². The smallest absolute Gasteiger partial charge is 0.178 e. The summed E-state index contributed by atoms with van der Waals surface area (Å²) in [5.74, 6) is 2.32. The van der Waals surface area contributed by atoms with Gasteiger partial charge in [-0.15, -0.1) is 0 Å². The molecule has 0 saturated carbocycles. The van der Waals surface area contributed by atoms with E-state index in [-0.39, 0.29) is 0 Å². The third-order valence-corrected chi connectivity index (χ3v) is 4.41. The zero-order chi connectivity index (χ0) is 14.9. The lowest BCUT2D eigenvalue weighted by molar-refractivity contribution is 0.195. The summed E-state index contributed by atoms with van der Waals surface area (Å²) < 4.78 is 7.80. The van der Waals surface area contributed by atoms with Crippen molar-refractivity contribution in [1.29, 1.82) is 0 Å². The zero-order valence-corrected chi connectivity index (χ0v) is 12.8. The second-order valence-electron chi connectivity index (χ2n) is 6.14. The van der Waals surface area contributed by atoms with Crippen molar-refractivity contribution in [3.63, 3.8) is 0 Å². The minimum atomic E-state index is 0.631. The van der Waals surface area contributed by atoms with Crippen LogP contribution in [0.25, 0.3) is 22.7 Å². The van der Waals surface area contributed by atoms with Gasteiger partial charge in [0.1, 0.15) is 5.52 Å². The molecule has 22 heavy (non-hydrogen) atoms. The number of aromatic nitrogens is 3. The average molecular weight is 296 g/mol. The van der Waals surface area contributed by atoms with Crippen molar-refractivity contribution in [2.75, 3.05) is 20.1 Å². The minimum absolute atomic E-state index is 0.631. The molecule has 0 aliphatic carbocycles. The van der Waals surface area contributed by atoms with Gasteiger partial charge < -0.3 is 13.9 Å². The van der Waals surface area contributed by atoms with Crippen LogP contribution in [0.4, 0.5) is 0 Å². The second-order valence-corrected chi connectivity index (χ2v) is 6.14. The van der Waals surface area contributed by atoms with Crippen molar-refractivity contribution >= 4 is 11.2 Å². The molecule has 3 aromatic heterocycles. The Hall–Kier alpha value is -2.14. The van der Waals surface area contributed by atoms with E-state index in [0.717, 1.165) is 35.8 Å². The molecular weight excluding hydrogens is 276 g/mol. The summed E-state index contributed by atoms with van der Waals surface area (Å²) in [4.78, 5) is 11.7. The zero-order valence-electron chi connectivity index (χ0n) is 12.8. The second kappa shape index (κ2) is 5.57. The van der Waals surface area contributed by atoms with E-state index in [1.165, 1.54) is 19.4 Å². The SMILES string of the molecule is CN1CCCC(Cn2c(-c3ccco3)nc3cccnc32)C1. The van der Waals surface area contributed by atoms with E-state index in [1.807, 2.05) is 30.5 Å². The maximum atomic E-state index is 5.58. The molecule has 1 fully saturated rings. The van der Waals surface area contributed by atoms with Crippen molar-refractivity contribution in [1.82, 2.24) is 19.4 Å². The van der Waals surface area contributed by atoms with Gasteiger partial charge in [-0.05, 0) is 56.6 Å². The predicted octanol–water partition coefficient (Wildman–Crippen LogP) is 3.03. The molecule has 3 aromatic rings. The van der Waals surface area contributed by atoms with E-state index < -0.39 is 0 Å². The number of imidazole rings is 1. The van der Waals surface area contributed by atoms with E-state index in [9.17, 15) is 0 Å². The highest BCUT2D eigenvalue weighted by atomic mass is 16.3. The number of rotatable bonds is 3. The summed E-state index contributed by atoms with van der Waals surface area (Å²) in [6, 6.07) is 7.81. The van der Waals surface area contributed by atoms with E-state index in [0.29, 0.717) is 5.92 Å². The van der Waals surface area contributed by atoms with Crippen LogP contribution in [-0.4, -0.2) is 39.6 Å². The molecule has 0 aromatic carbocycles. The first-order chi connectivity index (χ1) is 10.8. The molecule has 114 valence electrons. The summed E-state index contributed by atoms with van der Waals surface area (Å²) >= 11 is 0. The first-order valence-corrected chi connectivity index (χ1v) is 7.85. The Morgan fingerprint density at radius 1 is 1.32 bits per heavy atom. The molecule has 4 heterocycles. The Balaban J connectivity index is 1.75. The average Bonchev–Trinajstić information content (AvgIpc) is 3.15. The van der Waals surface area contributed by atoms with E-state index in [2.05, 4.69) is 21.5 Å². The summed E-state index contributed by atoms with van der Waals surface area (Å²) in [5, 5.41) is 0. The van der Waals surface area contributed by atoms with E-state index >= 15 is 0 Å². The quantitative estimate of drug-likeness (QED) is 0.745. The van der Waals surface area contributed by atoms with Gasteiger partial charge >= 0.3 is 0 Å². The maximum Gasteiger partial charge on any atom is 0.178 e. The van der Waals surface area contributed by atoms with Crippen LogP contribution in [-0.2, 0) is 6.54 Å². The Bertz CT molecular complexity index is 762. The van der Waals surface area contributed by atoms with Gasteiger partial charge in [0.15, 0.2) is 17.2 Å². The number of fused-ring (bicyclic) bond motifs is 1. The number of hydrogen-bond donors (Lipinski definition) is 0. The lowest BCUT2D eigenvalue weighted by atomic mass is 9.98. The van der Waals surface area contributed by atoms with Gasteiger partial charge in [-0.3, -0.25) is 0 Å². The van der Waals surface area contributed by atoms with Crippen LogP contribution in [0.5, 0.6) is 0 Å². The Morgan fingerprint density at radius 2 is 2.27 bits per heavy atom. The fourth-order valence-electron chi connectivity index (χ4n) is 3.41. The fourth-order valence-corrected chi connectivity index (χ4v) is 3.41. The fraction of sp³-hybridized carbons (Fsp3) is 0.412. The molecule has 0 N–H and O–H groups in total. The van der Waals surface area contributed by atoms with Gasteiger partial charge in [0.2, 0.25) is 0 Å². The van der Waals surface area contributed by atoms with Crippen LogP contribution < -0.4 is 0 Å². The van der Waals surface area contributed by atoms with Crippen LogP contribution in [0, 0.1) is 5.92 Å². The molecule has 4 rings (SSSR count). The number of furan rings is 1. The molecule has 0 bridgehead atoms. The maximum absolute atomic E-state index is 5.58. The molecule has 5 nitrogen and oxygen atoms in total. The highest BCUT2D eigenvalue weighted by Crippen LogP contribution is 2.27. The molecule has 1 atom stereocenters. The van der Waals surface area contributed by atoms with Gasteiger partial charge in [-0.1, -0.05) is 0 Å². The van der Waals surface area contributed by atoms with Crippen LogP contribution in [0.1, 0.15) is 12.8 Å². The van der Waals surface area contributed by atoms with Gasteiger partial charge in [0.05, 0.1) is 6.26 Å². The molecule has 5 heteroatoms. The summed E-state index contributed by atoms with van der Waals surface area (Å²) in [6.45, 7) is 3.27. The van der Waals surface area contributed by atoms with Crippen molar-refractivity contribution in [2.24, 2.45) is 5.92 Å². The lowest BCUT2D eigenvalue weighted by Crippen LogP contribution is -2.34. The van der Waals surface area contributed by atoms with Crippen LogP contribution >= 0.6 is 0 Å². The third-order valence-electron chi connectivity index (χ3n) is 4.41. The van der Waals surface area contributed by atoms with Gasteiger partial charge in [-0.25, -0.2) is 9.97 Å². The highest BCUT2D eigenvalue weighted by molar-refractivity contribution is 5.75. The molecule has 1 aliphatic heterocycles. The van der Waals surface area contributed by atoms with Gasteiger partial charge in [0, 0.05) is 19.3 Å². The Morgan fingerprint density at radius 3 is 3.09 bits per heavy atom. The normalized spacial score (nSPS) is 19.8. The molecule has 0 spiro atoms. The Kier molecular flexibility index (Phi) is 3.42. The van der Waals surface area contributed by atoms with E-state index in [1.54, 1.807) is 6.26 Å². The highest BCUT2D eigenvalue weighted by Gasteiger charge is 2.22. The third kappa shape index (κ3) is 2.41.